The summed E-state index contributed by atoms with van der Waals surface area (Å²) in [5, 5.41) is 14.2. The van der Waals surface area contributed by atoms with Gasteiger partial charge in [-0.15, -0.1) is 0 Å². The van der Waals surface area contributed by atoms with Gasteiger partial charge in [-0.1, -0.05) is 18.2 Å². The van der Waals surface area contributed by atoms with Crippen molar-refractivity contribution in [2.45, 2.75) is 51.1 Å². The maximum atomic E-state index is 12.7. The number of carboxylic acid groups (broad SMARTS) is 1. The van der Waals surface area contributed by atoms with Crippen LogP contribution in [0.2, 0.25) is 0 Å². The van der Waals surface area contributed by atoms with Crippen LogP contribution in [0.25, 0.3) is 0 Å². The number of likely N-dealkylation sites (tertiary alicyclic amines) is 1. The Bertz CT molecular complexity index is 606. The van der Waals surface area contributed by atoms with Gasteiger partial charge < -0.3 is 20.6 Å². The number of nitrogens with one attached hydrogen (secondary N) is 2. The lowest BCUT2D eigenvalue weighted by Crippen LogP contribution is -2.53. The lowest BCUT2D eigenvalue weighted by atomic mass is 9.97. The molecule has 0 aliphatic carbocycles. The van der Waals surface area contributed by atoms with Gasteiger partial charge in [0.15, 0.2) is 0 Å². The number of urea groups is 1. The summed E-state index contributed by atoms with van der Waals surface area (Å²) < 4.78 is 0. The summed E-state index contributed by atoms with van der Waals surface area (Å²) in [5.41, 5.74) is 0.650. The molecule has 1 aliphatic heterocycles. The van der Waals surface area contributed by atoms with Crippen molar-refractivity contribution in [2.24, 2.45) is 0 Å². The minimum Gasteiger partial charge on any atom is -0.481 e. The third kappa shape index (κ3) is 5.77. The fraction of sp³-hybridized carbons (Fsp3) is 0.500. The van der Waals surface area contributed by atoms with Crippen LogP contribution in [-0.2, 0) is 9.59 Å². The number of anilines is 1. The highest BCUT2D eigenvalue weighted by Gasteiger charge is 2.30. The van der Waals surface area contributed by atoms with Gasteiger partial charge >= 0.3 is 12.0 Å². The molecule has 0 saturated carbocycles. The van der Waals surface area contributed by atoms with E-state index in [1.54, 1.807) is 24.0 Å². The zero-order valence-corrected chi connectivity index (χ0v) is 14.4. The molecule has 136 valence electrons. The summed E-state index contributed by atoms with van der Waals surface area (Å²) in [6.07, 6.45) is 3.19. The van der Waals surface area contributed by atoms with Crippen molar-refractivity contribution in [3.8, 4) is 0 Å². The molecule has 1 aliphatic rings. The number of nitrogens with zero attached hydrogens (tertiary/aromatic N) is 1. The molecule has 3 amide bonds. The lowest BCUT2D eigenvalue weighted by Gasteiger charge is -2.37. The quantitative estimate of drug-likeness (QED) is 0.736. The minimum atomic E-state index is -0.855. The second-order valence-corrected chi connectivity index (χ2v) is 6.30. The van der Waals surface area contributed by atoms with Gasteiger partial charge in [-0.3, -0.25) is 9.59 Å². The first-order valence-corrected chi connectivity index (χ1v) is 8.62. The van der Waals surface area contributed by atoms with E-state index in [1.807, 2.05) is 18.2 Å². The summed E-state index contributed by atoms with van der Waals surface area (Å²) >= 11 is 0. The molecule has 0 bridgehead atoms. The van der Waals surface area contributed by atoms with E-state index in [4.69, 9.17) is 5.11 Å². The van der Waals surface area contributed by atoms with E-state index in [2.05, 4.69) is 10.6 Å². The predicted molar refractivity (Wildman–Crippen MR) is 94.3 cm³/mol. The molecule has 0 radical (unpaired) electrons. The minimum absolute atomic E-state index is 0.0464. The maximum Gasteiger partial charge on any atom is 0.319 e. The molecule has 1 heterocycles. The van der Waals surface area contributed by atoms with E-state index in [1.165, 1.54) is 0 Å². The lowest BCUT2D eigenvalue weighted by molar-refractivity contribution is -0.140. The van der Waals surface area contributed by atoms with Crippen molar-refractivity contribution >= 4 is 23.6 Å². The van der Waals surface area contributed by atoms with Crippen molar-refractivity contribution in [3.05, 3.63) is 30.3 Å². The number of rotatable bonds is 6. The van der Waals surface area contributed by atoms with Gasteiger partial charge in [0.05, 0.1) is 0 Å². The number of aliphatic carboxylic acids is 1. The second kappa shape index (κ2) is 9.05. The Balaban J connectivity index is 1.90. The van der Waals surface area contributed by atoms with E-state index in [0.717, 1.165) is 19.3 Å². The molecule has 2 atom stereocenters. The van der Waals surface area contributed by atoms with Gasteiger partial charge in [-0.25, -0.2) is 4.79 Å². The third-order valence-corrected chi connectivity index (χ3v) is 4.35. The normalized spacial score (nSPS) is 18.3. The molecule has 25 heavy (non-hydrogen) atoms. The van der Waals surface area contributed by atoms with Crippen molar-refractivity contribution in [1.82, 2.24) is 10.2 Å². The number of carbonyl (C=O) groups is 3. The average molecular weight is 347 g/mol. The Morgan fingerprint density at radius 2 is 1.96 bits per heavy atom. The van der Waals surface area contributed by atoms with E-state index < -0.39 is 18.0 Å². The summed E-state index contributed by atoms with van der Waals surface area (Å²) in [6.45, 7) is 2.26. The highest BCUT2D eigenvalue weighted by molar-refractivity contribution is 5.93. The second-order valence-electron chi connectivity index (χ2n) is 6.30. The van der Waals surface area contributed by atoms with E-state index in [0.29, 0.717) is 18.7 Å². The van der Waals surface area contributed by atoms with Crippen LogP contribution in [0.1, 0.15) is 39.0 Å². The molecular formula is C18H25N3O4. The Morgan fingerprint density at radius 1 is 1.24 bits per heavy atom. The number of carboxylic acids is 1. The molecule has 1 saturated heterocycles. The van der Waals surface area contributed by atoms with Crippen molar-refractivity contribution in [3.63, 3.8) is 0 Å². The van der Waals surface area contributed by atoms with Crippen molar-refractivity contribution < 1.29 is 19.5 Å². The van der Waals surface area contributed by atoms with Crippen molar-refractivity contribution in [1.29, 1.82) is 0 Å². The Hall–Kier alpha value is -2.57. The molecule has 1 fully saturated rings. The number of hydrogen-bond acceptors (Lipinski definition) is 3. The van der Waals surface area contributed by atoms with Crippen LogP contribution in [0.3, 0.4) is 0 Å². The third-order valence-electron chi connectivity index (χ3n) is 4.35. The first-order chi connectivity index (χ1) is 12.0. The zero-order valence-electron chi connectivity index (χ0n) is 14.4. The monoisotopic (exact) mass is 347 g/mol. The number of hydrogen-bond donors (Lipinski definition) is 3. The largest absolute Gasteiger partial charge is 0.481 e. The molecule has 7 nitrogen and oxygen atoms in total. The van der Waals surface area contributed by atoms with E-state index in [9.17, 15) is 14.4 Å². The predicted octanol–water partition coefficient (Wildman–Crippen LogP) is 2.44. The summed E-state index contributed by atoms with van der Waals surface area (Å²) in [6, 6.07) is 7.81. The van der Waals surface area contributed by atoms with Crippen LogP contribution in [-0.4, -0.2) is 46.5 Å². The number of piperidine rings is 1. The molecule has 2 rings (SSSR count). The molecule has 1 aromatic rings. The van der Waals surface area contributed by atoms with Gasteiger partial charge in [-0.2, -0.15) is 0 Å². The number of benzene rings is 1. The highest BCUT2D eigenvalue weighted by atomic mass is 16.4. The van der Waals surface area contributed by atoms with Crippen LogP contribution < -0.4 is 10.6 Å². The molecule has 7 heteroatoms. The molecule has 1 aromatic carbocycles. The molecule has 0 aromatic heterocycles. The summed E-state index contributed by atoms with van der Waals surface area (Å²) in [7, 11) is 0. The van der Waals surface area contributed by atoms with Gasteiger partial charge in [0, 0.05) is 24.7 Å². The van der Waals surface area contributed by atoms with Gasteiger partial charge in [-0.05, 0) is 44.7 Å². The fourth-order valence-corrected chi connectivity index (χ4v) is 3.08. The molecule has 3 N–H and O–H groups in total. The smallest absolute Gasteiger partial charge is 0.319 e. The molecule has 2 unspecified atom stereocenters. The number of para-hydroxylation sites is 1. The molecular weight excluding hydrogens is 322 g/mol. The standard InChI is InChI=1S/C18H25N3O4/c1-13(19-18(25)20-14-7-3-2-4-8-14)17(24)21-12-6-5-9-15(21)10-11-16(22)23/h2-4,7-8,13,15H,5-6,9-12H2,1H3,(H,22,23)(H2,19,20,25). The van der Waals surface area contributed by atoms with Crippen LogP contribution in [0.4, 0.5) is 10.5 Å². The first-order valence-electron chi connectivity index (χ1n) is 8.62. The van der Waals surface area contributed by atoms with Crippen LogP contribution in [0.5, 0.6) is 0 Å². The van der Waals surface area contributed by atoms with Gasteiger partial charge in [0.25, 0.3) is 0 Å². The summed E-state index contributed by atoms with van der Waals surface area (Å²) in [4.78, 5) is 37.2. The highest BCUT2D eigenvalue weighted by Crippen LogP contribution is 2.21. The number of carbonyl (C=O) groups excluding carboxylic acids is 2. The van der Waals surface area contributed by atoms with E-state index >= 15 is 0 Å². The van der Waals surface area contributed by atoms with Gasteiger partial charge in [0.1, 0.15) is 6.04 Å². The van der Waals surface area contributed by atoms with Crippen LogP contribution in [0, 0.1) is 0 Å². The Kier molecular flexibility index (Phi) is 6.80. The Morgan fingerprint density at radius 3 is 2.64 bits per heavy atom. The van der Waals surface area contributed by atoms with Crippen LogP contribution >= 0.6 is 0 Å². The Labute approximate surface area is 147 Å². The molecule has 0 spiro atoms. The average Bonchev–Trinajstić information content (AvgIpc) is 2.60. The SMILES string of the molecule is CC(NC(=O)Nc1ccccc1)C(=O)N1CCCCC1CCC(=O)O. The van der Waals surface area contributed by atoms with E-state index in [-0.39, 0.29) is 18.4 Å². The zero-order chi connectivity index (χ0) is 18.2. The van der Waals surface area contributed by atoms with Crippen LogP contribution in [0.15, 0.2) is 30.3 Å². The maximum absolute atomic E-state index is 12.7. The fourth-order valence-electron chi connectivity index (χ4n) is 3.08. The van der Waals surface area contributed by atoms with Gasteiger partial charge in [0.2, 0.25) is 5.91 Å². The topological polar surface area (TPSA) is 98.7 Å². The van der Waals surface area contributed by atoms with Crippen molar-refractivity contribution in [2.75, 3.05) is 11.9 Å². The first kappa shape index (κ1) is 18.8. The summed E-state index contributed by atoms with van der Waals surface area (Å²) in [5.74, 6) is -1.02. The number of amides is 3.